The van der Waals surface area contributed by atoms with E-state index in [-0.39, 0.29) is 18.1 Å². The summed E-state index contributed by atoms with van der Waals surface area (Å²) < 4.78 is 18.7. The van der Waals surface area contributed by atoms with Gasteiger partial charge in [0.15, 0.2) is 5.11 Å². The number of ether oxygens (including phenoxy) is 1. The Morgan fingerprint density at radius 3 is 2.56 bits per heavy atom. The quantitative estimate of drug-likeness (QED) is 0.601. The Labute approximate surface area is 161 Å². The average molecular weight is 395 g/mol. The molecule has 1 aromatic carbocycles. The number of carbonyl (C=O) groups excluding carboxylic acids is 1. The Balaban J connectivity index is 1.68. The van der Waals surface area contributed by atoms with E-state index in [9.17, 15) is 19.4 Å². The van der Waals surface area contributed by atoms with E-state index in [4.69, 9.17) is 17.0 Å². The molecule has 1 saturated carbocycles. The van der Waals surface area contributed by atoms with Crippen molar-refractivity contribution in [2.45, 2.75) is 30.7 Å². The maximum absolute atomic E-state index is 13.4. The summed E-state index contributed by atoms with van der Waals surface area (Å²) in [5.74, 6) is -1.00. The Morgan fingerprint density at radius 1 is 1.22 bits per heavy atom. The predicted octanol–water partition coefficient (Wildman–Crippen LogP) is -0.142. The van der Waals surface area contributed by atoms with Crippen LogP contribution in [-0.4, -0.2) is 76.7 Å². The monoisotopic (exact) mass is 395 g/mol. The molecule has 5 atom stereocenters. The highest BCUT2D eigenvalue weighted by molar-refractivity contribution is 7.80. The topological polar surface area (TPSA) is 85.3 Å². The van der Waals surface area contributed by atoms with E-state index in [2.05, 4.69) is 5.32 Å². The van der Waals surface area contributed by atoms with E-state index in [0.717, 1.165) is 0 Å². The minimum Gasteiger partial charge on any atom is -0.390 e. The fourth-order valence-electron chi connectivity index (χ4n) is 4.25. The lowest BCUT2D eigenvalue weighted by molar-refractivity contribution is -0.145. The molecule has 4 rings (SSSR count). The number of aliphatic hydroxyl groups excluding tert-OH is 2. The molecule has 0 spiro atoms. The summed E-state index contributed by atoms with van der Waals surface area (Å²) in [6.45, 7) is 1.96. The molecule has 0 aromatic heterocycles. The third-order valence-electron chi connectivity index (χ3n) is 5.59. The van der Waals surface area contributed by atoms with E-state index in [1.165, 1.54) is 12.1 Å². The van der Waals surface area contributed by atoms with E-state index in [1.807, 2.05) is 0 Å². The number of halogens is 1. The molecule has 3 N–H and O–H groups in total. The molecule has 0 bridgehead atoms. The van der Waals surface area contributed by atoms with Crippen molar-refractivity contribution in [2.75, 3.05) is 31.2 Å². The van der Waals surface area contributed by atoms with Crippen LogP contribution in [0.4, 0.5) is 10.1 Å². The fraction of sp³-hybridized carbons (Fsp3) is 0.556. The zero-order valence-corrected chi connectivity index (χ0v) is 15.4. The number of hydrogen-bond acceptors (Lipinski definition) is 5. The lowest BCUT2D eigenvalue weighted by Gasteiger charge is -2.43. The van der Waals surface area contributed by atoms with Crippen LogP contribution in [0.2, 0.25) is 0 Å². The molecular formula is C18H22FN3O4S. The van der Waals surface area contributed by atoms with Crippen LogP contribution in [0.15, 0.2) is 24.3 Å². The van der Waals surface area contributed by atoms with Crippen LogP contribution in [0.5, 0.6) is 0 Å². The maximum atomic E-state index is 13.4. The lowest BCUT2D eigenvalue weighted by atomic mass is 9.77. The normalized spacial score (nSPS) is 33.6. The van der Waals surface area contributed by atoms with Gasteiger partial charge < -0.3 is 30.1 Å². The van der Waals surface area contributed by atoms with Crippen molar-refractivity contribution in [2.24, 2.45) is 5.92 Å². The Hall–Kier alpha value is -1.81. The highest BCUT2D eigenvalue weighted by atomic mass is 32.1. The summed E-state index contributed by atoms with van der Waals surface area (Å²) in [5.41, 5.74) is 0.643. The van der Waals surface area contributed by atoms with Crippen molar-refractivity contribution in [3.8, 4) is 0 Å². The number of carbonyl (C=O) groups is 1. The molecule has 27 heavy (non-hydrogen) atoms. The summed E-state index contributed by atoms with van der Waals surface area (Å²) >= 11 is 5.44. The molecule has 2 saturated heterocycles. The average Bonchev–Trinajstić information content (AvgIpc) is 3.03. The molecule has 1 amide bonds. The smallest absolute Gasteiger partial charge is 0.228 e. The molecule has 3 aliphatic rings. The van der Waals surface area contributed by atoms with E-state index >= 15 is 0 Å². The Morgan fingerprint density at radius 2 is 1.89 bits per heavy atom. The number of fused-ring (bicyclic) bond motifs is 1. The van der Waals surface area contributed by atoms with Crippen LogP contribution in [0.25, 0.3) is 0 Å². The first-order valence-corrected chi connectivity index (χ1v) is 9.46. The van der Waals surface area contributed by atoms with Gasteiger partial charge in [0.1, 0.15) is 11.9 Å². The summed E-state index contributed by atoms with van der Waals surface area (Å²) in [6.07, 6.45) is -1.93. The molecule has 9 heteroatoms. The summed E-state index contributed by atoms with van der Waals surface area (Å²) in [6, 6.07) is 4.81. The molecule has 3 fully saturated rings. The van der Waals surface area contributed by atoms with Crippen molar-refractivity contribution < 1.29 is 24.1 Å². The lowest BCUT2D eigenvalue weighted by Crippen LogP contribution is -2.61. The van der Waals surface area contributed by atoms with Crippen molar-refractivity contribution in [3.63, 3.8) is 0 Å². The standard InChI is InChI=1S/C18H22FN3O4S/c19-10-1-3-11(4-2-10)22-15-12(17(25)21-5-7-26-8-6-21)9-13(23)16(24)14(15)20-18(22)27/h1-4,12-16,23-24H,5-9H2,(H,20,27)/t12-,13-,14-,15-,16+/m1/s1. The number of anilines is 1. The molecule has 2 aliphatic heterocycles. The molecule has 1 aromatic rings. The van der Waals surface area contributed by atoms with Crippen LogP contribution >= 0.6 is 12.2 Å². The summed E-state index contributed by atoms with van der Waals surface area (Å²) in [4.78, 5) is 16.7. The highest BCUT2D eigenvalue weighted by Gasteiger charge is 2.54. The third kappa shape index (κ3) is 3.29. The van der Waals surface area contributed by atoms with Gasteiger partial charge in [0, 0.05) is 18.8 Å². The minimum absolute atomic E-state index is 0.0853. The van der Waals surface area contributed by atoms with E-state index in [0.29, 0.717) is 37.1 Å². The second-order valence-electron chi connectivity index (χ2n) is 7.15. The van der Waals surface area contributed by atoms with Crippen LogP contribution in [-0.2, 0) is 9.53 Å². The Bertz CT molecular complexity index is 728. The molecule has 0 unspecified atom stereocenters. The largest absolute Gasteiger partial charge is 0.390 e. The van der Waals surface area contributed by atoms with Crippen LogP contribution in [0.3, 0.4) is 0 Å². The van der Waals surface area contributed by atoms with Gasteiger partial charge in [-0.1, -0.05) is 0 Å². The zero-order chi connectivity index (χ0) is 19.1. The number of amides is 1. The maximum Gasteiger partial charge on any atom is 0.228 e. The van der Waals surface area contributed by atoms with Gasteiger partial charge in [0.2, 0.25) is 5.91 Å². The van der Waals surface area contributed by atoms with Gasteiger partial charge in [-0.05, 0) is 42.9 Å². The van der Waals surface area contributed by atoms with Crippen LogP contribution < -0.4 is 10.2 Å². The number of thiocarbonyl (C=S) groups is 1. The van der Waals surface area contributed by atoms with Crippen molar-refractivity contribution in [3.05, 3.63) is 30.1 Å². The van der Waals surface area contributed by atoms with Crippen molar-refractivity contribution in [1.82, 2.24) is 10.2 Å². The van der Waals surface area contributed by atoms with Gasteiger partial charge in [0.25, 0.3) is 0 Å². The molecule has 7 nitrogen and oxygen atoms in total. The first-order chi connectivity index (χ1) is 13.0. The highest BCUT2D eigenvalue weighted by Crippen LogP contribution is 2.37. The number of aliphatic hydroxyl groups is 2. The summed E-state index contributed by atoms with van der Waals surface area (Å²) in [5, 5.41) is 24.2. The third-order valence-corrected chi connectivity index (χ3v) is 5.90. The van der Waals surface area contributed by atoms with Gasteiger partial charge >= 0.3 is 0 Å². The second kappa shape index (κ2) is 7.31. The van der Waals surface area contributed by atoms with Gasteiger partial charge in [0.05, 0.1) is 37.3 Å². The molecular weight excluding hydrogens is 373 g/mol. The second-order valence-corrected chi connectivity index (χ2v) is 7.54. The molecule has 2 heterocycles. The number of nitrogens with zero attached hydrogens (tertiary/aromatic N) is 2. The van der Waals surface area contributed by atoms with Crippen molar-refractivity contribution >= 4 is 28.9 Å². The number of benzene rings is 1. The van der Waals surface area contributed by atoms with Gasteiger partial charge in [-0.3, -0.25) is 4.79 Å². The Kier molecular flexibility index (Phi) is 5.02. The fourth-order valence-corrected chi connectivity index (χ4v) is 4.61. The first kappa shape index (κ1) is 18.5. The molecule has 146 valence electrons. The van der Waals surface area contributed by atoms with E-state index < -0.39 is 30.2 Å². The minimum atomic E-state index is -1.05. The van der Waals surface area contributed by atoms with Gasteiger partial charge in [-0.15, -0.1) is 0 Å². The number of rotatable bonds is 2. The van der Waals surface area contributed by atoms with E-state index in [1.54, 1.807) is 21.9 Å². The number of morpholine rings is 1. The zero-order valence-electron chi connectivity index (χ0n) is 14.6. The first-order valence-electron chi connectivity index (χ1n) is 9.05. The van der Waals surface area contributed by atoms with Gasteiger partial charge in [-0.25, -0.2) is 4.39 Å². The SMILES string of the molecule is O=C([C@@H]1C[C@@H](O)[C@H](O)[C@@H]2NC(=S)N(c3ccc(F)cc3)[C@@H]21)N1CCOCC1. The van der Waals surface area contributed by atoms with Crippen LogP contribution in [0.1, 0.15) is 6.42 Å². The summed E-state index contributed by atoms with van der Waals surface area (Å²) in [7, 11) is 0. The molecule has 1 aliphatic carbocycles. The number of nitrogens with one attached hydrogen (secondary N) is 1. The number of hydrogen-bond donors (Lipinski definition) is 3. The van der Waals surface area contributed by atoms with Crippen molar-refractivity contribution in [1.29, 1.82) is 0 Å². The molecule has 0 radical (unpaired) electrons. The van der Waals surface area contributed by atoms with Gasteiger partial charge in [-0.2, -0.15) is 0 Å². The van der Waals surface area contributed by atoms with Crippen LogP contribution in [0, 0.1) is 11.7 Å². The predicted molar refractivity (Wildman–Crippen MR) is 99.7 cm³/mol.